The summed E-state index contributed by atoms with van der Waals surface area (Å²) >= 11 is 3.45. The molecule has 0 aliphatic carbocycles. The Balaban J connectivity index is 1.10. The molecule has 0 unspecified atom stereocenters. The highest BCUT2D eigenvalue weighted by molar-refractivity contribution is 7.42. The van der Waals surface area contributed by atoms with Crippen LogP contribution >= 0.6 is 22.7 Å². The fourth-order valence-corrected chi connectivity index (χ4v) is 9.11. The number of hydrogen-bond acceptors (Lipinski definition) is 7. The molecule has 230 valence electrons. The lowest BCUT2D eigenvalue weighted by atomic mass is 9.91. The maximum atomic E-state index is 5.16. The van der Waals surface area contributed by atoms with Gasteiger partial charge in [-0.1, -0.05) is 109 Å². The van der Waals surface area contributed by atoms with Crippen molar-refractivity contribution in [2.75, 3.05) is 0 Å². The van der Waals surface area contributed by atoms with Gasteiger partial charge < -0.3 is 0 Å². The molecular formula is C41H24N6S2. The predicted molar refractivity (Wildman–Crippen MR) is 202 cm³/mol. The Kier molecular flexibility index (Phi) is 6.43. The lowest BCUT2D eigenvalue weighted by molar-refractivity contribution is 1.10. The highest BCUT2D eigenvalue weighted by Gasteiger charge is 2.22. The van der Waals surface area contributed by atoms with Gasteiger partial charge in [-0.15, -0.1) is 22.7 Å². The largest absolute Gasteiger partial charge is 0.282 e. The molecule has 5 aromatic carbocycles. The zero-order chi connectivity index (χ0) is 32.3. The molecule has 5 heterocycles. The Morgan fingerprint density at radius 1 is 0.510 bits per heavy atom. The third kappa shape index (κ3) is 4.57. The van der Waals surface area contributed by atoms with Gasteiger partial charge >= 0.3 is 0 Å². The van der Waals surface area contributed by atoms with Crippen LogP contribution in [0.1, 0.15) is 0 Å². The molecule has 49 heavy (non-hydrogen) atoms. The van der Waals surface area contributed by atoms with Crippen molar-refractivity contribution in [3.63, 3.8) is 0 Å². The first-order chi connectivity index (χ1) is 24.3. The molecule has 10 aromatic rings. The van der Waals surface area contributed by atoms with E-state index in [0.717, 1.165) is 76.6 Å². The van der Waals surface area contributed by atoms with E-state index in [1.807, 2.05) is 30.5 Å². The van der Waals surface area contributed by atoms with Crippen LogP contribution in [-0.4, -0.2) is 29.5 Å². The van der Waals surface area contributed by atoms with Crippen LogP contribution in [0, 0.1) is 0 Å². The molecule has 0 bridgehead atoms. The van der Waals surface area contributed by atoms with E-state index in [4.69, 9.17) is 19.9 Å². The van der Waals surface area contributed by atoms with Gasteiger partial charge in [0, 0.05) is 27.9 Å². The molecule has 10 rings (SSSR count). The standard InChI is InChI=1S/C41H24N6S2/c1-2-12-25(13-3-1)26-14-4-5-15-27(26)28-16-6-7-17-29(28)38-42-23-32-31-22-36(48-41(31)49-40(32)46-38)47-35-21-11-10-20-34(35)45-39(47)37-30-18-8-9-19-33(30)43-24-44-37/h1-24H. The van der Waals surface area contributed by atoms with Crippen molar-refractivity contribution in [3.05, 3.63) is 146 Å². The fraction of sp³-hybridized carbons (Fsp3) is 0. The van der Waals surface area contributed by atoms with E-state index in [1.165, 1.54) is 15.1 Å². The van der Waals surface area contributed by atoms with Crippen molar-refractivity contribution in [1.29, 1.82) is 0 Å². The maximum absolute atomic E-state index is 5.16. The molecule has 0 saturated carbocycles. The number of hydrogen-bond donors (Lipinski definition) is 0. The first kappa shape index (κ1) is 28.0. The number of para-hydroxylation sites is 3. The smallest absolute Gasteiger partial charge is 0.165 e. The molecule has 0 radical (unpaired) electrons. The second-order valence-electron chi connectivity index (χ2n) is 11.8. The molecule has 0 saturated heterocycles. The summed E-state index contributed by atoms with van der Waals surface area (Å²) in [6.45, 7) is 0. The first-order valence-corrected chi connectivity index (χ1v) is 17.5. The van der Waals surface area contributed by atoms with Crippen LogP contribution in [0.2, 0.25) is 0 Å². The second-order valence-corrected chi connectivity index (χ2v) is 14.0. The summed E-state index contributed by atoms with van der Waals surface area (Å²) in [6, 6.07) is 46.1. The predicted octanol–water partition coefficient (Wildman–Crippen LogP) is 10.9. The number of rotatable bonds is 5. The average Bonchev–Trinajstić information content (AvgIpc) is 3.85. The Bertz CT molecular complexity index is 2850. The maximum Gasteiger partial charge on any atom is 0.165 e. The van der Waals surface area contributed by atoms with Gasteiger partial charge in [-0.25, -0.2) is 24.9 Å². The topological polar surface area (TPSA) is 69.4 Å². The number of thiophene rings is 2. The number of benzene rings is 5. The summed E-state index contributed by atoms with van der Waals surface area (Å²) in [4.78, 5) is 25.4. The van der Waals surface area contributed by atoms with Crippen molar-refractivity contribution in [2.24, 2.45) is 0 Å². The van der Waals surface area contributed by atoms with E-state index in [-0.39, 0.29) is 0 Å². The number of fused-ring (bicyclic) bond motifs is 5. The number of imidazole rings is 1. The molecule has 0 spiro atoms. The number of aromatic nitrogens is 6. The van der Waals surface area contributed by atoms with Crippen molar-refractivity contribution in [2.45, 2.75) is 0 Å². The molecule has 0 N–H and O–H groups in total. The SMILES string of the molecule is c1ccc(-c2ccccc2-c2ccccc2-c2ncc3c(n2)sc2sc(-n4c(-c5ncnc6ccccc56)nc5ccccc54)cc23)cc1. The van der Waals surface area contributed by atoms with E-state index in [0.29, 0.717) is 0 Å². The minimum atomic E-state index is 0.721. The Morgan fingerprint density at radius 2 is 1.20 bits per heavy atom. The van der Waals surface area contributed by atoms with Crippen LogP contribution in [-0.2, 0) is 0 Å². The molecular weight excluding hydrogens is 641 g/mol. The summed E-state index contributed by atoms with van der Waals surface area (Å²) in [7, 11) is 0. The van der Waals surface area contributed by atoms with E-state index in [1.54, 1.807) is 29.0 Å². The average molecular weight is 665 g/mol. The monoisotopic (exact) mass is 664 g/mol. The van der Waals surface area contributed by atoms with Gasteiger partial charge in [0.2, 0.25) is 0 Å². The first-order valence-electron chi connectivity index (χ1n) is 15.9. The molecule has 0 aliphatic rings. The third-order valence-corrected chi connectivity index (χ3v) is 11.2. The van der Waals surface area contributed by atoms with E-state index < -0.39 is 0 Å². The molecule has 0 atom stereocenters. The zero-order valence-corrected chi connectivity index (χ0v) is 27.5. The quantitative estimate of drug-likeness (QED) is 0.183. The minimum absolute atomic E-state index is 0.721. The lowest BCUT2D eigenvalue weighted by Gasteiger charge is -2.13. The van der Waals surface area contributed by atoms with Crippen molar-refractivity contribution >= 4 is 64.2 Å². The normalized spacial score (nSPS) is 11.7. The summed E-state index contributed by atoms with van der Waals surface area (Å²) in [5.74, 6) is 1.52. The van der Waals surface area contributed by atoms with E-state index in [2.05, 4.69) is 119 Å². The second kappa shape index (κ2) is 11.3. The van der Waals surface area contributed by atoms with Crippen LogP contribution in [0.3, 0.4) is 0 Å². The molecule has 0 aliphatic heterocycles. The Hall–Kier alpha value is -6.09. The Labute approximate surface area is 288 Å². The van der Waals surface area contributed by atoms with Crippen LogP contribution in [0.4, 0.5) is 0 Å². The molecule has 0 fully saturated rings. The van der Waals surface area contributed by atoms with Gasteiger partial charge in [0.1, 0.15) is 21.9 Å². The number of nitrogens with zero attached hydrogens (tertiary/aromatic N) is 6. The molecule has 6 nitrogen and oxygen atoms in total. The van der Waals surface area contributed by atoms with Gasteiger partial charge in [0.15, 0.2) is 11.6 Å². The zero-order valence-electron chi connectivity index (χ0n) is 25.9. The van der Waals surface area contributed by atoms with Crippen LogP contribution in [0.5, 0.6) is 0 Å². The van der Waals surface area contributed by atoms with Crippen LogP contribution < -0.4 is 0 Å². The van der Waals surface area contributed by atoms with Gasteiger partial charge in [0.25, 0.3) is 0 Å². The van der Waals surface area contributed by atoms with E-state index in [9.17, 15) is 0 Å². The van der Waals surface area contributed by atoms with E-state index >= 15 is 0 Å². The summed E-state index contributed by atoms with van der Waals surface area (Å²) < 4.78 is 3.42. The minimum Gasteiger partial charge on any atom is -0.282 e. The highest BCUT2D eigenvalue weighted by Crippen LogP contribution is 2.43. The summed E-state index contributed by atoms with van der Waals surface area (Å²) in [5, 5.41) is 4.23. The van der Waals surface area contributed by atoms with Gasteiger partial charge in [-0.3, -0.25) is 4.57 Å². The van der Waals surface area contributed by atoms with Crippen molar-refractivity contribution in [3.8, 4) is 50.2 Å². The van der Waals surface area contributed by atoms with Gasteiger partial charge in [0.05, 0.1) is 20.6 Å². The summed E-state index contributed by atoms with van der Waals surface area (Å²) in [5.41, 5.74) is 9.29. The van der Waals surface area contributed by atoms with Crippen molar-refractivity contribution in [1.82, 2.24) is 29.5 Å². The van der Waals surface area contributed by atoms with Crippen LogP contribution in [0.15, 0.2) is 146 Å². The summed E-state index contributed by atoms with van der Waals surface area (Å²) in [6.07, 6.45) is 3.60. The molecule has 0 amide bonds. The van der Waals surface area contributed by atoms with Gasteiger partial charge in [-0.2, -0.15) is 0 Å². The molecule has 5 aromatic heterocycles. The van der Waals surface area contributed by atoms with Gasteiger partial charge in [-0.05, 0) is 46.5 Å². The Morgan fingerprint density at radius 3 is 2.06 bits per heavy atom. The van der Waals surface area contributed by atoms with Crippen molar-refractivity contribution < 1.29 is 0 Å². The highest BCUT2D eigenvalue weighted by atomic mass is 32.2. The third-order valence-electron chi connectivity index (χ3n) is 8.92. The van der Waals surface area contributed by atoms with Crippen LogP contribution in [0.25, 0.3) is 91.7 Å². The molecule has 8 heteroatoms. The fourth-order valence-electron chi connectivity index (χ4n) is 6.67. The lowest BCUT2D eigenvalue weighted by Crippen LogP contribution is -1.98.